The summed E-state index contributed by atoms with van der Waals surface area (Å²) in [6, 6.07) is -0.858. The predicted molar refractivity (Wildman–Crippen MR) is 70.0 cm³/mol. The lowest BCUT2D eigenvalue weighted by atomic mass is 9.90. The van der Waals surface area contributed by atoms with Crippen molar-refractivity contribution in [1.29, 1.82) is 0 Å². The maximum absolute atomic E-state index is 12.1. The highest BCUT2D eigenvalue weighted by atomic mass is 28.4. The molecule has 0 aromatic rings. The van der Waals surface area contributed by atoms with Crippen molar-refractivity contribution in [2.24, 2.45) is 5.92 Å². The molecule has 0 radical (unpaired) electrons. The van der Waals surface area contributed by atoms with Crippen LogP contribution in [-0.2, 0) is 9.22 Å². The van der Waals surface area contributed by atoms with Gasteiger partial charge in [-0.25, -0.2) is 0 Å². The van der Waals surface area contributed by atoms with Crippen molar-refractivity contribution in [3.63, 3.8) is 0 Å². The average Bonchev–Trinajstić information content (AvgIpc) is 2.12. The van der Waals surface area contributed by atoms with E-state index < -0.39 is 26.2 Å². The molecule has 0 heterocycles. The van der Waals surface area contributed by atoms with Gasteiger partial charge in [0.15, 0.2) is 0 Å². The first kappa shape index (κ1) is 14.7. The number of hydrogen-bond donors (Lipinski definition) is 0. The van der Waals surface area contributed by atoms with Crippen molar-refractivity contribution in [2.75, 3.05) is 0 Å². The van der Waals surface area contributed by atoms with E-state index in [4.69, 9.17) is 4.43 Å². The van der Waals surface area contributed by atoms with Crippen LogP contribution in [0.15, 0.2) is 0 Å². The Morgan fingerprint density at radius 1 is 1.28 bits per heavy atom. The largest absolute Gasteiger partial charge is 0.519 e. The Labute approximate surface area is 108 Å². The lowest BCUT2D eigenvalue weighted by Gasteiger charge is -2.24. The number of nitrogens with zero attached hydrogens (tertiary/aromatic N) is 1. The minimum atomic E-state index is -2.01. The van der Waals surface area contributed by atoms with Crippen molar-refractivity contribution in [3.8, 4) is 11.8 Å². The smallest absolute Gasteiger partial charge is 0.302 e. The SMILES string of the molecule is C[Si](C)(C)OC(=O)C1CCC#CCCC1[N+](=O)[O-]. The van der Waals surface area contributed by atoms with Crippen molar-refractivity contribution in [2.45, 2.75) is 51.4 Å². The standard InChI is InChI=1S/C12H19NO4Si/c1-18(2,3)17-12(14)10-8-6-4-5-7-9-11(10)13(15)16/h10-11H,6-9H2,1-3H3. The van der Waals surface area contributed by atoms with Crippen LogP contribution in [0.2, 0.25) is 19.6 Å². The van der Waals surface area contributed by atoms with Crippen LogP contribution in [-0.4, -0.2) is 25.3 Å². The molecule has 2 unspecified atom stereocenters. The highest BCUT2D eigenvalue weighted by Gasteiger charge is 2.39. The molecule has 1 rings (SSSR count). The van der Waals surface area contributed by atoms with E-state index >= 15 is 0 Å². The number of nitro groups is 1. The summed E-state index contributed by atoms with van der Waals surface area (Å²) in [6.45, 7) is 5.69. The molecule has 0 bridgehead atoms. The first-order valence-electron chi connectivity index (χ1n) is 6.13. The second kappa shape index (κ2) is 6.00. The molecule has 0 aromatic carbocycles. The van der Waals surface area contributed by atoms with Gasteiger partial charge < -0.3 is 4.43 Å². The molecule has 1 aliphatic rings. The predicted octanol–water partition coefficient (Wildman–Crippen LogP) is 2.20. The molecule has 0 N–H and O–H groups in total. The summed E-state index contributed by atoms with van der Waals surface area (Å²) in [6.07, 6.45) is 1.74. The van der Waals surface area contributed by atoms with Crippen molar-refractivity contribution < 1.29 is 14.1 Å². The van der Waals surface area contributed by atoms with Gasteiger partial charge in [-0.05, 0) is 26.1 Å². The van der Waals surface area contributed by atoms with E-state index in [0.717, 1.165) is 0 Å². The Balaban J connectivity index is 2.83. The third-order valence-electron chi connectivity index (χ3n) is 2.72. The second-order valence-electron chi connectivity index (χ2n) is 5.42. The van der Waals surface area contributed by atoms with E-state index in [1.54, 1.807) is 0 Å². The highest BCUT2D eigenvalue weighted by Crippen LogP contribution is 2.23. The molecule has 100 valence electrons. The van der Waals surface area contributed by atoms with Gasteiger partial charge in [0, 0.05) is 24.2 Å². The van der Waals surface area contributed by atoms with Crippen LogP contribution in [0.4, 0.5) is 0 Å². The maximum Gasteiger partial charge on any atom is 0.302 e. The summed E-state index contributed by atoms with van der Waals surface area (Å²) in [4.78, 5) is 22.8. The van der Waals surface area contributed by atoms with Crippen LogP contribution in [0.5, 0.6) is 0 Å². The molecule has 0 fully saturated rings. The second-order valence-corrected chi connectivity index (χ2v) is 9.85. The molecule has 0 amide bonds. The Bertz CT molecular complexity index is 391. The molecule has 5 nitrogen and oxygen atoms in total. The van der Waals surface area contributed by atoms with Crippen LogP contribution in [0.3, 0.4) is 0 Å². The van der Waals surface area contributed by atoms with Crippen molar-refractivity contribution in [1.82, 2.24) is 0 Å². The van der Waals surface area contributed by atoms with E-state index in [1.807, 2.05) is 19.6 Å². The fraction of sp³-hybridized carbons (Fsp3) is 0.750. The Kier molecular flexibility index (Phi) is 4.90. The summed E-state index contributed by atoms with van der Waals surface area (Å²) in [7, 11) is -2.01. The van der Waals surface area contributed by atoms with Gasteiger partial charge in [0.2, 0.25) is 14.4 Å². The quantitative estimate of drug-likeness (QED) is 0.341. The van der Waals surface area contributed by atoms with Gasteiger partial charge in [-0.3, -0.25) is 14.9 Å². The lowest BCUT2D eigenvalue weighted by molar-refractivity contribution is -0.530. The molecular weight excluding hydrogens is 250 g/mol. The third-order valence-corrected chi connectivity index (χ3v) is 3.53. The third kappa shape index (κ3) is 4.49. The van der Waals surface area contributed by atoms with Gasteiger partial charge >= 0.3 is 5.97 Å². The van der Waals surface area contributed by atoms with Gasteiger partial charge in [-0.15, -0.1) is 11.8 Å². The van der Waals surface area contributed by atoms with Crippen LogP contribution in [0.1, 0.15) is 25.7 Å². The zero-order valence-corrected chi connectivity index (χ0v) is 12.1. The van der Waals surface area contributed by atoms with Crippen molar-refractivity contribution >= 4 is 14.3 Å². The van der Waals surface area contributed by atoms with Crippen LogP contribution in [0.25, 0.3) is 0 Å². The molecule has 6 heteroatoms. The highest BCUT2D eigenvalue weighted by molar-refractivity contribution is 6.71. The van der Waals surface area contributed by atoms with Crippen LogP contribution in [0, 0.1) is 27.9 Å². The summed E-state index contributed by atoms with van der Waals surface area (Å²) >= 11 is 0. The molecule has 0 saturated heterocycles. The summed E-state index contributed by atoms with van der Waals surface area (Å²) in [5, 5.41) is 11.1. The lowest BCUT2D eigenvalue weighted by Crippen LogP contribution is -2.40. The minimum Gasteiger partial charge on any atom is -0.519 e. The van der Waals surface area contributed by atoms with Gasteiger partial charge in [-0.2, -0.15) is 0 Å². The first-order valence-corrected chi connectivity index (χ1v) is 9.54. The molecule has 2 atom stereocenters. The van der Waals surface area contributed by atoms with Gasteiger partial charge in [-0.1, -0.05) is 0 Å². The van der Waals surface area contributed by atoms with Crippen LogP contribution < -0.4 is 0 Å². The van der Waals surface area contributed by atoms with Gasteiger partial charge in [0.1, 0.15) is 5.92 Å². The Morgan fingerprint density at radius 3 is 2.33 bits per heavy atom. The molecule has 0 spiro atoms. The van der Waals surface area contributed by atoms with E-state index in [9.17, 15) is 14.9 Å². The fourth-order valence-electron chi connectivity index (χ4n) is 1.92. The van der Waals surface area contributed by atoms with Gasteiger partial charge in [0.05, 0.1) is 0 Å². The number of hydrogen-bond acceptors (Lipinski definition) is 4. The summed E-state index contributed by atoms with van der Waals surface area (Å²) in [5.74, 6) is 4.74. The molecule has 0 aromatic heterocycles. The molecule has 1 aliphatic carbocycles. The normalized spacial score (nSPS) is 24.2. The zero-order chi connectivity index (χ0) is 13.8. The number of carbonyl (C=O) groups excluding carboxylic acids is 1. The number of carbonyl (C=O) groups is 1. The topological polar surface area (TPSA) is 69.4 Å². The van der Waals surface area contributed by atoms with E-state index in [1.165, 1.54) is 0 Å². The Hall–Kier alpha value is -1.35. The summed E-state index contributed by atoms with van der Waals surface area (Å²) < 4.78 is 5.40. The van der Waals surface area contributed by atoms with Gasteiger partial charge in [0.25, 0.3) is 0 Å². The maximum atomic E-state index is 12.1. The molecule has 0 saturated carbocycles. The average molecular weight is 269 g/mol. The summed E-state index contributed by atoms with van der Waals surface area (Å²) in [5.41, 5.74) is 0. The Morgan fingerprint density at radius 2 is 1.83 bits per heavy atom. The molecular formula is C12H19NO4Si. The molecule has 18 heavy (non-hydrogen) atoms. The van der Waals surface area contributed by atoms with E-state index in [2.05, 4.69) is 11.8 Å². The van der Waals surface area contributed by atoms with E-state index in [-0.39, 0.29) is 4.92 Å². The zero-order valence-electron chi connectivity index (χ0n) is 11.1. The number of rotatable bonds is 3. The van der Waals surface area contributed by atoms with E-state index in [0.29, 0.717) is 25.7 Å². The minimum absolute atomic E-state index is 0.325. The molecule has 0 aliphatic heterocycles. The van der Waals surface area contributed by atoms with Crippen LogP contribution >= 0.6 is 0 Å². The monoisotopic (exact) mass is 269 g/mol. The van der Waals surface area contributed by atoms with Crippen molar-refractivity contribution in [3.05, 3.63) is 10.1 Å². The first-order chi connectivity index (χ1) is 8.31. The fourth-order valence-corrected chi connectivity index (χ4v) is 2.68.